The van der Waals surface area contributed by atoms with Gasteiger partial charge in [-0.1, -0.05) is 15.9 Å². The van der Waals surface area contributed by atoms with Crippen molar-refractivity contribution in [3.63, 3.8) is 0 Å². The monoisotopic (exact) mass is 377 g/mol. The number of rotatable bonds is 6. The molecular formula is C13H20BrN3O3S. The van der Waals surface area contributed by atoms with Gasteiger partial charge in [0.15, 0.2) is 0 Å². The second kappa shape index (κ2) is 7.44. The van der Waals surface area contributed by atoms with Crippen molar-refractivity contribution in [3.05, 3.63) is 22.7 Å². The largest absolute Gasteiger partial charge is 0.497 e. The molecule has 0 aromatic heterocycles. The number of methoxy groups -OCH3 is 1. The summed E-state index contributed by atoms with van der Waals surface area (Å²) in [6.45, 7) is 4.15. The lowest BCUT2D eigenvalue weighted by atomic mass is 10.3. The summed E-state index contributed by atoms with van der Waals surface area (Å²) in [5.74, 6) is 0.686. The van der Waals surface area contributed by atoms with Gasteiger partial charge in [-0.3, -0.25) is 9.62 Å². The Morgan fingerprint density at radius 1 is 1.33 bits per heavy atom. The Hall–Kier alpha value is -0.830. The van der Waals surface area contributed by atoms with Gasteiger partial charge in [0.25, 0.3) is 0 Å². The van der Waals surface area contributed by atoms with Gasteiger partial charge in [-0.25, -0.2) is 8.42 Å². The fourth-order valence-corrected chi connectivity index (χ4v) is 3.70. The number of hydrogen-bond acceptors (Lipinski definition) is 5. The summed E-state index contributed by atoms with van der Waals surface area (Å²) in [7, 11) is -1.82. The minimum Gasteiger partial charge on any atom is -0.497 e. The van der Waals surface area contributed by atoms with Gasteiger partial charge in [0.2, 0.25) is 10.0 Å². The Labute approximate surface area is 134 Å². The number of piperazine rings is 1. The minimum absolute atomic E-state index is 0.0851. The molecule has 0 amide bonds. The smallest absolute Gasteiger partial charge is 0.233 e. The van der Waals surface area contributed by atoms with Crippen LogP contribution in [0, 0.1) is 0 Å². The van der Waals surface area contributed by atoms with Gasteiger partial charge in [0, 0.05) is 43.3 Å². The maximum atomic E-state index is 12.1. The maximum absolute atomic E-state index is 12.1. The lowest BCUT2D eigenvalue weighted by molar-refractivity contribution is 0.254. The molecule has 1 saturated heterocycles. The number of anilines is 1. The number of hydrogen-bond donors (Lipinski definition) is 2. The van der Waals surface area contributed by atoms with E-state index in [-0.39, 0.29) is 5.75 Å². The highest BCUT2D eigenvalue weighted by Gasteiger charge is 2.16. The van der Waals surface area contributed by atoms with Crippen LogP contribution >= 0.6 is 15.9 Å². The molecule has 1 fully saturated rings. The first-order valence-corrected chi connectivity index (χ1v) is 9.21. The molecule has 0 saturated carbocycles. The summed E-state index contributed by atoms with van der Waals surface area (Å²) in [6.07, 6.45) is 0. The van der Waals surface area contributed by atoms with Crippen LogP contribution in [0.15, 0.2) is 22.7 Å². The lowest BCUT2D eigenvalue weighted by Crippen LogP contribution is -2.45. The average molecular weight is 378 g/mol. The van der Waals surface area contributed by atoms with Crippen LogP contribution in [0.25, 0.3) is 0 Å². The van der Waals surface area contributed by atoms with Crippen molar-refractivity contribution in [2.45, 2.75) is 0 Å². The van der Waals surface area contributed by atoms with Crippen LogP contribution in [-0.4, -0.2) is 58.9 Å². The van der Waals surface area contributed by atoms with Crippen LogP contribution < -0.4 is 14.8 Å². The summed E-state index contributed by atoms with van der Waals surface area (Å²) < 4.78 is 32.8. The van der Waals surface area contributed by atoms with Crippen LogP contribution in [-0.2, 0) is 10.0 Å². The number of nitrogens with zero attached hydrogens (tertiary/aromatic N) is 1. The van der Waals surface area contributed by atoms with Crippen LogP contribution in [0.5, 0.6) is 5.75 Å². The van der Waals surface area contributed by atoms with Crippen molar-refractivity contribution >= 4 is 31.6 Å². The third-order valence-corrected chi connectivity index (χ3v) is 4.99. The first kappa shape index (κ1) is 16.5. The molecule has 0 unspecified atom stereocenters. The first-order chi connectivity index (χ1) is 9.98. The predicted octanol–water partition coefficient (Wildman–Crippen LogP) is 1.10. The zero-order valence-corrected chi connectivity index (χ0v) is 14.3. The third kappa shape index (κ3) is 5.46. The molecule has 6 nitrogen and oxygen atoms in total. The van der Waals surface area contributed by atoms with E-state index in [0.29, 0.717) is 18.0 Å². The third-order valence-electron chi connectivity index (χ3n) is 3.27. The van der Waals surface area contributed by atoms with Crippen LogP contribution in [0.1, 0.15) is 0 Å². The zero-order chi connectivity index (χ0) is 15.3. The number of nitrogens with one attached hydrogen (secondary N) is 2. The fraction of sp³-hybridized carbons (Fsp3) is 0.538. The van der Waals surface area contributed by atoms with Crippen LogP contribution in [0.4, 0.5) is 5.69 Å². The van der Waals surface area contributed by atoms with E-state index in [1.165, 1.54) is 0 Å². The van der Waals surface area contributed by atoms with E-state index in [2.05, 4.69) is 30.9 Å². The van der Waals surface area contributed by atoms with E-state index < -0.39 is 10.0 Å². The van der Waals surface area contributed by atoms with Crippen molar-refractivity contribution in [2.75, 3.05) is 50.3 Å². The molecule has 2 N–H and O–H groups in total. The van der Waals surface area contributed by atoms with Crippen molar-refractivity contribution in [2.24, 2.45) is 0 Å². The molecule has 8 heteroatoms. The minimum atomic E-state index is -3.36. The van der Waals surface area contributed by atoms with Gasteiger partial charge < -0.3 is 10.1 Å². The molecule has 2 rings (SSSR count). The van der Waals surface area contributed by atoms with Gasteiger partial charge in [0.05, 0.1) is 18.6 Å². The van der Waals surface area contributed by atoms with Crippen molar-refractivity contribution in [1.82, 2.24) is 10.2 Å². The van der Waals surface area contributed by atoms with Gasteiger partial charge in [-0.05, 0) is 12.1 Å². The Bertz CT molecular complexity index is 574. The van der Waals surface area contributed by atoms with E-state index in [9.17, 15) is 8.42 Å². The number of ether oxygens (including phenoxy) is 1. The summed E-state index contributed by atoms with van der Waals surface area (Å²) in [5, 5.41) is 3.24. The number of halogens is 1. The van der Waals surface area contributed by atoms with Crippen LogP contribution in [0.2, 0.25) is 0 Å². The van der Waals surface area contributed by atoms with Gasteiger partial charge in [0.1, 0.15) is 5.75 Å². The number of sulfonamides is 1. The van der Waals surface area contributed by atoms with E-state index in [1.54, 1.807) is 25.3 Å². The summed E-state index contributed by atoms with van der Waals surface area (Å²) >= 11 is 3.33. The molecule has 0 aliphatic carbocycles. The summed E-state index contributed by atoms with van der Waals surface area (Å²) in [5.41, 5.74) is 0.501. The highest BCUT2D eigenvalue weighted by Crippen LogP contribution is 2.25. The van der Waals surface area contributed by atoms with Crippen molar-refractivity contribution < 1.29 is 13.2 Å². The van der Waals surface area contributed by atoms with E-state index in [4.69, 9.17) is 4.74 Å². The van der Waals surface area contributed by atoms with Crippen LogP contribution in [0.3, 0.4) is 0 Å². The van der Waals surface area contributed by atoms with Crippen molar-refractivity contribution in [1.29, 1.82) is 0 Å². The molecule has 1 aliphatic rings. The molecule has 0 radical (unpaired) electrons. The van der Waals surface area contributed by atoms with E-state index in [1.807, 2.05) is 0 Å². The Balaban J connectivity index is 1.95. The standard InChI is InChI=1S/C13H20BrN3O3S/c1-20-13-9-11(14)8-12(10-13)16-21(18,19)7-6-17-4-2-15-3-5-17/h8-10,15-16H,2-7H2,1H3. The van der Waals surface area contributed by atoms with Gasteiger partial charge in [-0.2, -0.15) is 0 Å². The average Bonchev–Trinajstić information content (AvgIpc) is 2.45. The summed E-state index contributed by atoms with van der Waals surface area (Å²) in [6, 6.07) is 5.15. The predicted molar refractivity (Wildman–Crippen MR) is 87.4 cm³/mol. The zero-order valence-electron chi connectivity index (χ0n) is 11.9. The SMILES string of the molecule is COc1cc(Br)cc(NS(=O)(=O)CCN2CCNCC2)c1. The molecule has 1 aliphatic heterocycles. The number of benzene rings is 1. The highest BCUT2D eigenvalue weighted by molar-refractivity contribution is 9.10. The molecule has 0 spiro atoms. The molecule has 1 aromatic rings. The van der Waals surface area contributed by atoms with Gasteiger partial charge in [-0.15, -0.1) is 0 Å². The van der Waals surface area contributed by atoms with Crippen molar-refractivity contribution in [3.8, 4) is 5.75 Å². The molecule has 0 bridgehead atoms. The second-order valence-corrected chi connectivity index (χ2v) is 7.65. The Kier molecular flexibility index (Phi) is 5.86. The molecule has 21 heavy (non-hydrogen) atoms. The molecule has 1 aromatic carbocycles. The first-order valence-electron chi connectivity index (χ1n) is 6.77. The fourth-order valence-electron chi connectivity index (χ4n) is 2.15. The second-order valence-electron chi connectivity index (χ2n) is 4.89. The quantitative estimate of drug-likeness (QED) is 0.776. The highest BCUT2D eigenvalue weighted by atomic mass is 79.9. The Morgan fingerprint density at radius 2 is 2.05 bits per heavy atom. The topological polar surface area (TPSA) is 70.7 Å². The maximum Gasteiger partial charge on any atom is 0.233 e. The van der Waals surface area contributed by atoms with E-state index >= 15 is 0 Å². The molecule has 1 heterocycles. The molecule has 0 atom stereocenters. The summed E-state index contributed by atoms with van der Waals surface area (Å²) in [4.78, 5) is 2.15. The molecular weight excluding hydrogens is 358 g/mol. The molecule has 118 valence electrons. The van der Waals surface area contributed by atoms with Gasteiger partial charge >= 0.3 is 0 Å². The Morgan fingerprint density at radius 3 is 2.71 bits per heavy atom. The van der Waals surface area contributed by atoms with E-state index in [0.717, 1.165) is 30.7 Å². The normalized spacial score (nSPS) is 16.7. The lowest BCUT2D eigenvalue weighted by Gasteiger charge is -2.26.